The Balaban J connectivity index is 1.58. The van der Waals surface area contributed by atoms with E-state index in [9.17, 15) is 4.79 Å². The summed E-state index contributed by atoms with van der Waals surface area (Å²) in [4.78, 5) is 12.7. The highest BCUT2D eigenvalue weighted by atomic mass is 16.3. The molecular weight excluding hydrogens is 338 g/mol. The van der Waals surface area contributed by atoms with Gasteiger partial charge in [-0.25, -0.2) is 4.68 Å². The van der Waals surface area contributed by atoms with Gasteiger partial charge in [0.05, 0.1) is 11.7 Å². The second-order valence-corrected chi connectivity index (χ2v) is 6.70. The average molecular weight is 359 g/mol. The van der Waals surface area contributed by atoms with Crippen LogP contribution in [0, 0.1) is 13.8 Å². The van der Waals surface area contributed by atoms with Gasteiger partial charge in [-0.1, -0.05) is 36.4 Å². The molecule has 136 valence electrons. The molecule has 0 aliphatic rings. The molecule has 1 amide bonds. The maximum absolute atomic E-state index is 12.7. The number of furan rings is 1. The van der Waals surface area contributed by atoms with Gasteiger partial charge in [0.1, 0.15) is 11.3 Å². The largest absolute Gasteiger partial charge is 0.459 e. The number of fused-ring (bicyclic) bond motifs is 1. The topological polar surface area (TPSA) is 60.1 Å². The SMILES string of the molecule is Cc1c(C(C)NC(=O)c2cc(C)n(-c3ccccc3)n2)oc2ccccc12. The van der Waals surface area contributed by atoms with Crippen molar-refractivity contribution in [2.45, 2.75) is 26.8 Å². The fourth-order valence-electron chi connectivity index (χ4n) is 3.36. The minimum atomic E-state index is -0.257. The number of hydrogen-bond acceptors (Lipinski definition) is 3. The molecule has 0 saturated carbocycles. The second kappa shape index (κ2) is 6.76. The van der Waals surface area contributed by atoms with Crippen molar-refractivity contribution in [3.8, 4) is 5.69 Å². The molecule has 4 aromatic rings. The fourth-order valence-corrected chi connectivity index (χ4v) is 3.36. The zero-order valence-electron chi connectivity index (χ0n) is 15.6. The Bertz CT molecular complexity index is 1110. The molecule has 1 atom stereocenters. The van der Waals surface area contributed by atoms with Gasteiger partial charge in [0.2, 0.25) is 0 Å². The standard InChI is InChI=1S/C22H21N3O2/c1-14-13-19(24-25(14)17-9-5-4-6-10-17)22(26)23-16(3)21-15(2)18-11-7-8-12-20(18)27-21/h4-13,16H,1-3H3,(H,23,26). The molecular formula is C22H21N3O2. The summed E-state index contributed by atoms with van der Waals surface area (Å²) in [5, 5.41) is 8.53. The molecule has 1 N–H and O–H groups in total. The zero-order chi connectivity index (χ0) is 19.0. The van der Waals surface area contributed by atoms with Gasteiger partial charge in [0, 0.05) is 16.6 Å². The fraction of sp³-hybridized carbons (Fsp3) is 0.182. The van der Waals surface area contributed by atoms with E-state index in [1.807, 2.05) is 75.4 Å². The lowest BCUT2D eigenvalue weighted by Crippen LogP contribution is -2.27. The molecule has 1 unspecified atom stereocenters. The van der Waals surface area contributed by atoms with Crippen LogP contribution < -0.4 is 5.32 Å². The predicted molar refractivity (Wildman–Crippen MR) is 105 cm³/mol. The zero-order valence-corrected chi connectivity index (χ0v) is 15.6. The van der Waals surface area contributed by atoms with Crippen molar-refractivity contribution in [3.63, 3.8) is 0 Å². The molecule has 0 fully saturated rings. The van der Waals surface area contributed by atoms with Crippen LogP contribution in [0.15, 0.2) is 65.1 Å². The third kappa shape index (κ3) is 3.12. The number of hydrogen-bond donors (Lipinski definition) is 1. The summed E-state index contributed by atoms with van der Waals surface area (Å²) in [5.41, 5.74) is 4.09. The first-order valence-electron chi connectivity index (χ1n) is 8.95. The first kappa shape index (κ1) is 17.1. The monoisotopic (exact) mass is 359 g/mol. The third-order valence-electron chi connectivity index (χ3n) is 4.74. The maximum atomic E-state index is 12.7. The van der Waals surface area contributed by atoms with Gasteiger partial charge in [-0.05, 0) is 45.0 Å². The van der Waals surface area contributed by atoms with Crippen molar-refractivity contribution in [1.82, 2.24) is 15.1 Å². The Kier molecular flexibility index (Phi) is 4.28. The number of aryl methyl sites for hydroxylation is 2. The van der Waals surface area contributed by atoms with Crippen LogP contribution in [0.3, 0.4) is 0 Å². The molecule has 27 heavy (non-hydrogen) atoms. The molecule has 0 aliphatic heterocycles. The summed E-state index contributed by atoms with van der Waals surface area (Å²) in [5.74, 6) is 0.545. The molecule has 0 aliphatic carbocycles. The summed E-state index contributed by atoms with van der Waals surface area (Å²) < 4.78 is 7.73. The number of carbonyl (C=O) groups is 1. The minimum absolute atomic E-state index is 0.222. The quantitative estimate of drug-likeness (QED) is 0.573. The lowest BCUT2D eigenvalue weighted by molar-refractivity contribution is 0.0930. The Labute approximate surface area is 157 Å². The van der Waals surface area contributed by atoms with E-state index in [0.717, 1.165) is 33.7 Å². The summed E-state index contributed by atoms with van der Waals surface area (Å²) in [6.07, 6.45) is 0. The number of carbonyl (C=O) groups excluding carboxylic acids is 1. The van der Waals surface area contributed by atoms with Crippen molar-refractivity contribution < 1.29 is 9.21 Å². The van der Waals surface area contributed by atoms with Crippen molar-refractivity contribution in [2.24, 2.45) is 0 Å². The number of nitrogens with one attached hydrogen (secondary N) is 1. The van der Waals surface area contributed by atoms with Gasteiger partial charge in [0.25, 0.3) is 5.91 Å². The van der Waals surface area contributed by atoms with E-state index in [4.69, 9.17) is 4.42 Å². The molecule has 0 spiro atoms. The van der Waals surface area contributed by atoms with E-state index >= 15 is 0 Å². The van der Waals surface area contributed by atoms with E-state index in [0.29, 0.717) is 5.69 Å². The number of para-hydroxylation sites is 2. The molecule has 4 rings (SSSR count). The van der Waals surface area contributed by atoms with E-state index in [-0.39, 0.29) is 11.9 Å². The van der Waals surface area contributed by atoms with Crippen LogP contribution in [0.1, 0.15) is 40.5 Å². The van der Waals surface area contributed by atoms with Crippen LogP contribution in [0.4, 0.5) is 0 Å². The first-order chi connectivity index (χ1) is 13.0. The van der Waals surface area contributed by atoms with Crippen LogP contribution in [0.5, 0.6) is 0 Å². The summed E-state index contributed by atoms with van der Waals surface area (Å²) >= 11 is 0. The lowest BCUT2D eigenvalue weighted by atomic mass is 10.1. The Morgan fingerprint density at radius 2 is 1.78 bits per heavy atom. The van der Waals surface area contributed by atoms with Crippen molar-refractivity contribution >= 4 is 16.9 Å². The number of nitrogens with zero attached hydrogens (tertiary/aromatic N) is 2. The van der Waals surface area contributed by atoms with E-state index in [1.165, 1.54) is 0 Å². The maximum Gasteiger partial charge on any atom is 0.272 e. The highest BCUT2D eigenvalue weighted by Crippen LogP contribution is 2.29. The normalized spacial score (nSPS) is 12.3. The van der Waals surface area contributed by atoms with Gasteiger partial charge < -0.3 is 9.73 Å². The number of rotatable bonds is 4. The third-order valence-corrected chi connectivity index (χ3v) is 4.74. The van der Waals surface area contributed by atoms with Crippen LogP contribution in [0.2, 0.25) is 0 Å². The van der Waals surface area contributed by atoms with Gasteiger partial charge >= 0.3 is 0 Å². The second-order valence-electron chi connectivity index (χ2n) is 6.70. The number of benzene rings is 2. The van der Waals surface area contributed by atoms with E-state index in [2.05, 4.69) is 10.4 Å². The summed E-state index contributed by atoms with van der Waals surface area (Å²) in [7, 11) is 0. The van der Waals surface area contributed by atoms with Crippen LogP contribution in [0.25, 0.3) is 16.7 Å². The molecule has 2 heterocycles. The van der Waals surface area contributed by atoms with Gasteiger partial charge in [-0.2, -0.15) is 5.10 Å². The Morgan fingerprint density at radius 3 is 2.52 bits per heavy atom. The van der Waals surface area contributed by atoms with E-state index in [1.54, 1.807) is 10.7 Å². The highest BCUT2D eigenvalue weighted by molar-refractivity contribution is 5.93. The Morgan fingerprint density at radius 1 is 1.07 bits per heavy atom. The molecule has 0 radical (unpaired) electrons. The number of amides is 1. The smallest absolute Gasteiger partial charge is 0.272 e. The van der Waals surface area contributed by atoms with E-state index < -0.39 is 0 Å². The van der Waals surface area contributed by atoms with Crippen LogP contribution >= 0.6 is 0 Å². The van der Waals surface area contributed by atoms with Gasteiger partial charge in [-0.3, -0.25) is 4.79 Å². The molecule has 0 saturated heterocycles. The minimum Gasteiger partial charge on any atom is -0.459 e. The first-order valence-corrected chi connectivity index (χ1v) is 8.95. The van der Waals surface area contributed by atoms with Crippen LogP contribution in [-0.2, 0) is 0 Å². The van der Waals surface area contributed by atoms with Crippen LogP contribution in [-0.4, -0.2) is 15.7 Å². The van der Waals surface area contributed by atoms with Crippen molar-refractivity contribution in [3.05, 3.63) is 83.4 Å². The van der Waals surface area contributed by atoms with Crippen molar-refractivity contribution in [1.29, 1.82) is 0 Å². The predicted octanol–water partition coefficient (Wildman–Crippen LogP) is 4.73. The highest BCUT2D eigenvalue weighted by Gasteiger charge is 2.21. The average Bonchev–Trinajstić information content (AvgIpc) is 3.23. The van der Waals surface area contributed by atoms with Gasteiger partial charge in [-0.15, -0.1) is 0 Å². The molecule has 0 bridgehead atoms. The molecule has 5 heteroatoms. The van der Waals surface area contributed by atoms with Crippen molar-refractivity contribution in [2.75, 3.05) is 0 Å². The number of aromatic nitrogens is 2. The summed E-state index contributed by atoms with van der Waals surface area (Å²) in [6, 6.07) is 19.2. The lowest BCUT2D eigenvalue weighted by Gasteiger charge is -2.11. The summed E-state index contributed by atoms with van der Waals surface area (Å²) in [6.45, 7) is 5.87. The molecule has 2 aromatic heterocycles. The van der Waals surface area contributed by atoms with Gasteiger partial charge in [0.15, 0.2) is 5.69 Å². The Hall–Kier alpha value is -3.34. The molecule has 5 nitrogen and oxygen atoms in total. The molecule has 2 aromatic carbocycles.